The first-order valence-electron chi connectivity index (χ1n) is 9.03. The summed E-state index contributed by atoms with van der Waals surface area (Å²) >= 11 is 5.91. The van der Waals surface area contributed by atoms with Crippen LogP contribution in [0.15, 0.2) is 53.3 Å². The van der Waals surface area contributed by atoms with Gasteiger partial charge in [0.05, 0.1) is 22.8 Å². The zero-order valence-corrected chi connectivity index (χ0v) is 15.7. The molecule has 2 aromatic carbocycles. The van der Waals surface area contributed by atoms with Crippen molar-refractivity contribution >= 4 is 17.5 Å². The predicted octanol–water partition coefficient (Wildman–Crippen LogP) is 3.13. The molecule has 1 N–H and O–H groups in total. The van der Waals surface area contributed by atoms with Gasteiger partial charge in [-0.3, -0.25) is 4.79 Å². The second-order valence-corrected chi connectivity index (χ2v) is 7.10. The number of halogens is 2. The molecule has 28 heavy (non-hydrogen) atoms. The van der Waals surface area contributed by atoms with Gasteiger partial charge >= 0.3 is 5.69 Å². The van der Waals surface area contributed by atoms with Crippen LogP contribution < -0.4 is 11.0 Å². The lowest BCUT2D eigenvalue weighted by atomic mass is 10.2. The minimum absolute atomic E-state index is 0.0408. The van der Waals surface area contributed by atoms with Crippen molar-refractivity contribution in [3.63, 3.8) is 0 Å². The van der Waals surface area contributed by atoms with Crippen LogP contribution in [0, 0.1) is 5.82 Å². The minimum Gasteiger partial charge on any atom is -0.350 e. The summed E-state index contributed by atoms with van der Waals surface area (Å²) in [7, 11) is 0. The molecule has 0 radical (unpaired) electrons. The highest BCUT2D eigenvalue weighted by Gasteiger charge is 2.31. The number of nitrogens with one attached hydrogen (secondary N) is 1. The van der Waals surface area contributed by atoms with E-state index in [9.17, 15) is 14.0 Å². The summed E-state index contributed by atoms with van der Waals surface area (Å²) < 4.78 is 16.1. The van der Waals surface area contributed by atoms with Crippen LogP contribution in [0.1, 0.15) is 34.9 Å². The summed E-state index contributed by atoms with van der Waals surface area (Å²) in [5, 5.41) is 7.22. The van der Waals surface area contributed by atoms with Gasteiger partial charge in [-0.15, -0.1) is 0 Å². The molecule has 0 saturated heterocycles. The summed E-state index contributed by atoms with van der Waals surface area (Å²) in [5.74, 6) is 0.112. The lowest BCUT2D eigenvalue weighted by Gasteiger charge is -2.06. The fourth-order valence-electron chi connectivity index (χ4n) is 3.04. The molecule has 1 aliphatic rings. The smallest absolute Gasteiger partial charge is 0.350 e. The van der Waals surface area contributed by atoms with Crippen molar-refractivity contribution in [1.82, 2.24) is 19.7 Å². The van der Waals surface area contributed by atoms with E-state index in [2.05, 4.69) is 10.4 Å². The maximum atomic E-state index is 13.1. The summed E-state index contributed by atoms with van der Waals surface area (Å²) in [6.07, 6.45) is 2.03. The highest BCUT2D eigenvalue weighted by Crippen LogP contribution is 2.39. The van der Waals surface area contributed by atoms with Gasteiger partial charge in [0.2, 0.25) is 0 Å². The Balaban J connectivity index is 1.50. The molecular formula is C20H18ClFN4O2. The molecule has 3 aromatic rings. The second kappa shape index (κ2) is 7.59. The molecule has 1 aliphatic carbocycles. The Kier molecular flexibility index (Phi) is 5.00. The van der Waals surface area contributed by atoms with Gasteiger partial charge in [-0.1, -0.05) is 29.8 Å². The van der Waals surface area contributed by atoms with Crippen LogP contribution >= 0.6 is 11.6 Å². The standard InChI is InChI=1S/C20H18ClFN4O2/c21-17-12-14(22)8-9-16(17)19(27)23-10-11-25-20(28)26(15-4-2-1-3-5-15)18(24-25)13-6-7-13/h1-5,8-9,12-13H,6-7,10-11H2,(H,23,27). The van der Waals surface area contributed by atoms with Crippen molar-refractivity contribution in [3.05, 3.63) is 81.2 Å². The molecule has 0 unspecified atom stereocenters. The van der Waals surface area contributed by atoms with E-state index in [0.717, 1.165) is 30.4 Å². The van der Waals surface area contributed by atoms with Gasteiger partial charge < -0.3 is 5.32 Å². The van der Waals surface area contributed by atoms with Crippen molar-refractivity contribution in [2.45, 2.75) is 25.3 Å². The van der Waals surface area contributed by atoms with Crippen molar-refractivity contribution in [3.8, 4) is 5.69 Å². The first-order valence-corrected chi connectivity index (χ1v) is 9.41. The maximum absolute atomic E-state index is 13.1. The van der Waals surface area contributed by atoms with E-state index in [0.29, 0.717) is 5.92 Å². The molecule has 1 heterocycles. The van der Waals surface area contributed by atoms with Crippen molar-refractivity contribution in [1.29, 1.82) is 0 Å². The number of carbonyl (C=O) groups excluding carboxylic acids is 1. The van der Waals surface area contributed by atoms with E-state index in [1.807, 2.05) is 30.3 Å². The van der Waals surface area contributed by atoms with E-state index in [-0.39, 0.29) is 29.4 Å². The molecule has 0 bridgehead atoms. The molecule has 144 valence electrons. The first kappa shape index (κ1) is 18.4. The van der Waals surface area contributed by atoms with Gasteiger partial charge in [0, 0.05) is 12.5 Å². The quantitative estimate of drug-likeness (QED) is 0.691. The van der Waals surface area contributed by atoms with Crippen LogP contribution in [0.25, 0.3) is 5.69 Å². The Morgan fingerprint density at radius 2 is 1.96 bits per heavy atom. The number of hydrogen-bond donors (Lipinski definition) is 1. The van der Waals surface area contributed by atoms with Gasteiger partial charge in [-0.05, 0) is 43.2 Å². The molecule has 0 atom stereocenters. The minimum atomic E-state index is -0.507. The van der Waals surface area contributed by atoms with Gasteiger partial charge in [-0.2, -0.15) is 5.10 Å². The topological polar surface area (TPSA) is 68.9 Å². The fraction of sp³-hybridized carbons (Fsp3) is 0.250. The average molecular weight is 401 g/mol. The van der Waals surface area contributed by atoms with Crippen molar-refractivity contribution in [2.75, 3.05) is 6.54 Å². The van der Waals surface area contributed by atoms with Crippen LogP contribution in [0.4, 0.5) is 4.39 Å². The van der Waals surface area contributed by atoms with Crippen LogP contribution in [0.5, 0.6) is 0 Å². The first-order chi connectivity index (χ1) is 13.5. The van der Waals surface area contributed by atoms with Crippen molar-refractivity contribution in [2.24, 2.45) is 0 Å². The van der Waals surface area contributed by atoms with Gasteiger partial charge in [0.1, 0.15) is 11.6 Å². The molecule has 1 aromatic heterocycles. The van der Waals surface area contributed by atoms with Crippen LogP contribution in [0.2, 0.25) is 5.02 Å². The number of para-hydroxylation sites is 1. The Bertz CT molecular complexity index is 1070. The Morgan fingerprint density at radius 3 is 2.64 bits per heavy atom. The molecule has 0 spiro atoms. The second-order valence-electron chi connectivity index (χ2n) is 6.69. The summed E-state index contributed by atoms with van der Waals surface area (Å²) in [6, 6.07) is 13.0. The number of carbonyl (C=O) groups is 1. The molecule has 4 rings (SSSR count). The van der Waals surface area contributed by atoms with Crippen LogP contribution in [-0.4, -0.2) is 26.8 Å². The lowest BCUT2D eigenvalue weighted by molar-refractivity contribution is 0.0952. The Labute approximate surface area is 165 Å². The maximum Gasteiger partial charge on any atom is 0.350 e. The zero-order valence-electron chi connectivity index (χ0n) is 14.9. The van der Waals surface area contributed by atoms with Crippen LogP contribution in [-0.2, 0) is 6.54 Å². The molecular weight excluding hydrogens is 383 g/mol. The summed E-state index contributed by atoms with van der Waals surface area (Å²) in [6.45, 7) is 0.422. The highest BCUT2D eigenvalue weighted by atomic mass is 35.5. The SMILES string of the molecule is O=C(NCCn1nc(C2CC2)n(-c2ccccc2)c1=O)c1ccc(F)cc1Cl. The fourth-order valence-corrected chi connectivity index (χ4v) is 3.29. The van der Waals surface area contributed by atoms with E-state index in [1.54, 1.807) is 4.57 Å². The molecule has 1 saturated carbocycles. The molecule has 6 nitrogen and oxygen atoms in total. The number of aromatic nitrogens is 3. The highest BCUT2D eigenvalue weighted by molar-refractivity contribution is 6.33. The largest absolute Gasteiger partial charge is 0.350 e. The molecule has 0 aliphatic heterocycles. The number of nitrogens with zero attached hydrogens (tertiary/aromatic N) is 3. The van der Waals surface area contributed by atoms with E-state index >= 15 is 0 Å². The van der Waals surface area contributed by atoms with Crippen molar-refractivity contribution < 1.29 is 9.18 Å². The Hall–Kier alpha value is -2.93. The van der Waals surface area contributed by atoms with Crippen LogP contribution in [0.3, 0.4) is 0 Å². The number of amides is 1. The van der Waals surface area contributed by atoms with E-state index in [1.165, 1.54) is 16.8 Å². The van der Waals surface area contributed by atoms with Gasteiger partial charge in [0.25, 0.3) is 5.91 Å². The normalized spacial score (nSPS) is 13.5. The molecule has 8 heteroatoms. The van der Waals surface area contributed by atoms with Gasteiger partial charge in [-0.25, -0.2) is 18.4 Å². The van der Waals surface area contributed by atoms with E-state index in [4.69, 9.17) is 11.6 Å². The lowest BCUT2D eigenvalue weighted by Crippen LogP contribution is -2.32. The van der Waals surface area contributed by atoms with E-state index < -0.39 is 11.7 Å². The predicted molar refractivity (Wildman–Crippen MR) is 104 cm³/mol. The average Bonchev–Trinajstić information content (AvgIpc) is 3.47. The monoisotopic (exact) mass is 400 g/mol. The Morgan fingerprint density at radius 1 is 1.21 bits per heavy atom. The third-order valence-corrected chi connectivity index (χ3v) is 4.92. The molecule has 1 fully saturated rings. The number of hydrogen-bond acceptors (Lipinski definition) is 3. The molecule has 1 amide bonds. The summed E-state index contributed by atoms with van der Waals surface area (Å²) in [5.41, 5.74) is 0.730. The number of rotatable bonds is 6. The van der Waals surface area contributed by atoms with Gasteiger partial charge in [0.15, 0.2) is 0 Å². The number of benzene rings is 2. The zero-order chi connectivity index (χ0) is 19.7. The third-order valence-electron chi connectivity index (χ3n) is 4.61. The third kappa shape index (κ3) is 3.71. The summed E-state index contributed by atoms with van der Waals surface area (Å²) in [4.78, 5) is 25.1.